The molecule has 0 saturated carbocycles. The first kappa shape index (κ1) is 49.6. The van der Waals surface area contributed by atoms with Crippen molar-refractivity contribution in [3.8, 4) is 0 Å². The quantitative estimate of drug-likeness (QED) is 0.0409. The number of hydrogen-bond donors (Lipinski definition) is 1. The fraction of sp³-hybridized carbons (Fsp3) is 0.702. The highest BCUT2D eigenvalue weighted by Crippen LogP contribution is 2.42. The van der Waals surface area contributed by atoms with Crippen LogP contribution in [0.3, 0.4) is 0 Å². The van der Waals surface area contributed by atoms with Gasteiger partial charge in [-0.15, -0.1) is 0 Å². The van der Waals surface area contributed by atoms with E-state index < -0.39 is 19.7 Å². The van der Waals surface area contributed by atoms with Crippen LogP contribution in [0.15, 0.2) is 60.7 Å². The molecule has 1 unspecified atom stereocenters. The van der Waals surface area contributed by atoms with Crippen LogP contribution in [-0.4, -0.2) is 53.8 Å². The third-order valence-corrected chi connectivity index (χ3v) is 11.7. The van der Waals surface area contributed by atoms with Crippen LogP contribution in [0.1, 0.15) is 179 Å². The van der Waals surface area contributed by atoms with Gasteiger partial charge < -0.3 is 18.9 Å². The number of hydrogen-bond acceptors (Lipinski definition) is 7. The largest absolute Gasteiger partial charge is 0.462 e. The second kappa shape index (κ2) is 33.5. The van der Waals surface area contributed by atoms with Gasteiger partial charge in [-0.1, -0.05) is 203 Å². The minimum atomic E-state index is -4.06. The van der Waals surface area contributed by atoms with Gasteiger partial charge in [0.1, 0.15) is 6.61 Å². The Hall–Kier alpha value is -2.51. The van der Waals surface area contributed by atoms with E-state index >= 15 is 0 Å². The summed E-state index contributed by atoms with van der Waals surface area (Å²) < 4.78 is 30.1. The van der Waals surface area contributed by atoms with Crippen molar-refractivity contribution in [2.45, 2.75) is 187 Å². The summed E-state index contributed by atoms with van der Waals surface area (Å²) >= 11 is 0. The van der Waals surface area contributed by atoms with E-state index in [-0.39, 0.29) is 31.8 Å². The number of carbonyl (C=O) groups is 2. The number of unbranched alkanes of at least 4 members (excludes halogenated alkanes) is 20. The summed E-state index contributed by atoms with van der Waals surface area (Å²) in [4.78, 5) is 38.5. The van der Waals surface area contributed by atoms with E-state index in [4.69, 9.17) is 14.0 Å². The number of rotatable bonds is 37. The summed E-state index contributed by atoms with van der Waals surface area (Å²) in [5, 5.41) is 0. The van der Waals surface area contributed by atoms with E-state index in [1.165, 1.54) is 103 Å². The summed E-state index contributed by atoms with van der Waals surface area (Å²) in [6.07, 6.45) is 25.7. The molecule has 8 nitrogen and oxygen atoms in total. The first-order valence-electron chi connectivity index (χ1n) is 22.4. The van der Waals surface area contributed by atoms with Crippen LogP contribution >= 0.6 is 7.60 Å². The Bertz CT molecular complexity index is 1240. The van der Waals surface area contributed by atoms with Crippen LogP contribution in [0, 0.1) is 0 Å². The van der Waals surface area contributed by atoms with Gasteiger partial charge >= 0.3 is 19.5 Å². The highest BCUT2D eigenvalue weighted by molar-refractivity contribution is 7.52. The standard InChI is InChI=1S/C47H78NO7P/c1-3-5-7-9-11-13-15-17-19-21-29-35-46(49)53-41-45(55-47(50)36-30-22-20-18-16-14-12-10-8-6-4-2)42-54-56(51,52)38-37-48(39-43-31-25-23-26-32-43)40-44-33-27-24-28-34-44/h23-28,31-34,45H,3-22,29-30,35-42H2,1-2H3,(H,51,52)/t45-/m0/s1. The van der Waals surface area contributed by atoms with Crippen molar-refractivity contribution < 1.29 is 33.0 Å². The van der Waals surface area contributed by atoms with Gasteiger partial charge in [0.15, 0.2) is 6.10 Å². The predicted molar refractivity (Wildman–Crippen MR) is 231 cm³/mol. The van der Waals surface area contributed by atoms with Crippen molar-refractivity contribution in [1.82, 2.24) is 4.90 Å². The minimum Gasteiger partial charge on any atom is -0.462 e. The van der Waals surface area contributed by atoms with Gasteiger partial charge in [-0.25, -0.2) is 0 Å². The van der Waals surface area contributed by atoms with E-state index in [2.05, 4.69) is 18.7 Å². The first-order valence-corrected chi connectivity index (χ1v) is 24.2. The molecule has 0 heterocycles. The van der Waals surface area contributed by atoms with Gasteiger partial charge in [-0.3, -0.25) is 19.1 Å². The molecule has 0 amide bonds. The molecule has 0 aliphatic rings. The molecule has 0 aliphatic heterocycles. The minimum absolute atomic E-state index is 0.0925. The van der Waals surface area contributed by atoms with Crippen LogP contribution in [0.4, 0.5) is 0 Å². The third-order valence-electron chi connectivity index (χ3n) is 10.4. The summed E-state index contributed by atoms with van der Waals surface area (Å²) in [5.41, 5.74) is 2.22. The molecule has 0 bridgehead atoms. The molecule has 56 heavy (non-hydrogen) atoms. The van der Waals surface area contributed by atoms with E-state index in [0.717, 1.165) is 49.7 Å². The van der Waals surface area contributed by atoms with Crippen LogP contribution in [0.25, 0.3) is 0 Å². The zero-order chi connectivity index (χ0) is 40.4. The van der Waals surface area contributed by atoms with Gasteiger partial charge in [-0.2, -0.15) is 0 Å². The maximum Gasteiger partial charge on any atom is 0.329 e. The lowest BCUT2D eigenvalue weighted by Crippen LogP contribution is -2.30. The molecule has 0 radical (unpaired) electrons. The number of ether oxygens (including phenoxy) is 2. The van der Waals surface area contributed by atoms with E-state index in [1.54, 1.807) is 0 Å². The van der Waals surface area contributed by atoms with Crippen LogP contribution < -0.4 is 0 Å². The first-order chi connectivity index (χ1) is 27.3. The molecule has 318 valence electrons. The normalized spacial score (nSPS) is 13.1. The Kier molecular flexibility index (Phi) is 29.7. The molecule has 2 atom stereocenters. The lowest BCUT2D eigenvalue weighted by molar-refractivity contribution is -0.161. The van der Waals surface area contributed by atoms with Gasteiger partial charge in [-0.05, 0) is 24.0 Å². The molecule has 0 fully saturated rings. The lowest BCUT2D eigenvalue weighted by atomic mass is 10.1. The topological polar surface area (TPSA) is 102 Å². The second-order valence-corrected chi connectivity index (χ2v) is 17.7. The Balaban J connectivity index is 1.82. The molecule has 2 rings (SSSR count). The Morgan fingerprint density at radius 3 is 1.39 bits per heavy atom. The Morgan fingerprint density at radius 1 is 0.571 bits per heavy atom. The molecule has 0 spiro atoms. The van der Waals surface area contributed by atoms with Crippen LogP contribution in [0.2, 0.25) is 0 Å². The van der Waals surface area contributed by atoms with E-state index in [1.807, 2.05) is 60.7 Å². The third kappa shape index (κ3) is 28.0. The van der Waals surface area contributed by atoms with Crippen molar-refractivity contribution in [2.24, 2.45) is 0 Å². The summed E-state index contributed by atoms with van der Waals surface area (Å²) in [7, 11) is -4.06. The van der Waals surface area contributed by atoms with Crippen molar-refractivity contribution in [2.75, 3.05) is 25.9 Å². The van der Waals surface area contributed by atoms with Crippen LogP contribution in [-0.2, 0) is 41.2 Å². The SMILES string of the molecule is CCCCCCCCCCCCCC(=O)OC[C@@H](COP(=O)(O)CCN(Cc1ccccc1)Cc1ccccc1)OC(=O)CCCCCCCCCCCCC. The van der Waals surface area contributed by atoms with Gasteiger partial charge in [0.05, 0.1) is 12.8 Å². The molecular formula is C47H78NO7P. The zero-order valence-corrected chi connectivity index (χ0v) is 36.2. The maximum absolute atomic E-state index is 13.3. The summed E-state index contributed by atoms with van der Waals surface area (Å²) in [5.74, 6) is -0.752. The van der Waals surface area contributed by atoms with E-state index in [9.17, 15) is 19.0 Å². The molecule has 1 N–H and O–H groups in total. The molecule has 0 aromatic heterocycles. The maximum atomic E-state index is 13.3. The monoisotopic (exact) mass is 800 g/mol. The highest BCUT2D eigenvalue weighted by Gasteiger charge is 2.26. The van der Waals surface area contributed by atoms with Crippen molar-refractivity contribution in [3.05, 3.63) is 71.8 Å². The average molecular weight is 800 g/mol. The number of nitrogens with zero attached hydrogens (tertiary/aromatic N) is 1. The zero-order valence-electron chi connectivity index (χ0n) is 35.4. The van der Waals surface area contributed by atoms with E-state index in [0.29, 0.717) is 26.1 Å². The number of esters is 2. The highest BCUT2D eigenvalue weighted by atomic mass is 31.2. The fourth-order valence-electron chi connectivity index (χ4n) is 6.92. The second-order valence-electron chi connectivity index (χ2n) is 15.7. The van der Waals surface area contributed by atoms with Crippen molar-refractivity contribution in [3.63, 3.8) is 0 Å². The lowest BCUT2D eigenvalue weighted by Gasteiger charge is -2.25. The Morgan fingerprint density at radius 2 is 0.964 bits per heavy atom. The molecular weight excluding hydrogens is 721 g/mol. The Labute approximate surface area is 341 Å². The number of carbonyl (C=O) groups excluding carboxylic acids is 2. The molecule has 2 aromatic rings. The molecule has 0 saturated heterocycles. The van der Waals surface area contributed by atoms with Gasteiger partial charge in [0.2, 0.25) is 0 Å². The average Bonchev–Trinajstić information content (AvgIpc) is 3.20. The fourth-order valence-corrected chi connectivity index (χ4v) is 7.98. The van der Waals surface area contributed by atoms with Gasteiger partial charge in [0, 0.05) is 32.5 Å². The predicted octanol–water partition coefficient (Wildman–Crippen LogP) is 12.7. The molecule has 2 aromatic carbocycles. The van der Waals surface area contributed by atoms with Crippen molar-refractivity contribution >= 4 is 19.5 Å². The number of benzene rings is 2. The smallest absolute Gasteiger partial charge is 0.329 e. The van der Waals surface area contributed by atoms with Crippen LogP contribution in [0.5, 0.6) is 0 Å². The molecule has 0 aliphatic carbocycles. The van der Waals surface area contributed by atoms with Gasteiger partial charge in [0.25, 0.3) is 0 Å². The summed E-state index contributed by atoms with van der Waals surface area (Å²) in [6, 6.07) is 20.1. The summed E-state index contributed by atoms with van der Waals surface area (Å²) in [6.45, 7) is 5.52. The molecule has 9 heteroatoms. The van der Waals surface area contributed by atoms with Crippen molar-refractivity contribution in [1.29, 1.82) is 0 Å².